The number of allylic oxidation sites excluding steroid dienone is 1. The first-order valence-electron chi connectivity index (χ1n) is 7.84. The molecule has 0 heterocycles. The molecule has 0 aromatic heterocycles. The van der Waals surface area contributed by atoms with E-state index in [1.54, 1.807) is 0 Å². The van der Waals surface area contributed by atoms with Crippen molar-refractivity contribution >= 4 is 0 Å². The molecule has 0 fully saturated rings. The smallest absolute Gasteiger partial charge is 0.103 e. The summed E-state index contributed by atoms with van der Waals surface area (Å²) < 4.78 is 0. The summed E-state index contributed by atoms with van der Waals surface area (Å²) in [7, 11) is 0. The number of rotatable bonds is 7. The quantitative estimate of drug-likeness (QED) is 0.757. The molecule has 0 aliphatic carbocycles. The number of hydrogen-bond donors (Lipinski definition) is 2. The predicted octanol–water partition coefficient (Wildman–Crippen LogP) is 4.05. The van der Waals surface area contributed by atoms with Crippen LogP contribution in [0.25, 0.3) is 0 Å². The normalized spacial score (nSPS) is 13.6. The van der Waals surface area contributed by atoms with Gasteiger partial charge in [-0.3, -0.25) is 0 Å². The Hall–Kier alpha value is -1.90. The van der Waals surface area contributed by atoms with Crippen LogP contribution in [0.3, 0.4) is 0 Å². The van der Waals surface area contributed by atoms with Crippen molar-refractivity contribution in [1.82, 2.24) is 0 Å². The molecule has 2 aromatic carbocycles. The van der Waals surface area contributed by atoms with Crippen LogP contribution in [0.2, 0.25) is 0 Å². The highest BCUT2D eigenvalue weighted by Gasteiger charge is 2.16. The highest BCUT2D eigenvalue weighted by atomic mass is 16.3. The van der Waals surface area contributed by atoms with Crippen molar-refractivity contribution in [2.75, 3.05) is 6.61 Å². The van der Waals surface area contributed by atoms with Crippen LogP contribution in [0.1, 0.15) is 37.0 Å². The van der Waals surface area contributed by atoms with Crippen LogP contribution in [-0.2, 0) is 6.42 Å². The molecule has 116 valence electrons. The first-order chi connectivity index (χ1) is 10.8. The van der Waals surface area contributed by atoms with E-state index in [0.717, 1.165) is 36.0 Å². The molecule has 2 aromatic rings. The zero-order chi connectivity index (χ0) is 15.8. The largest absolute Gasteiger partial charge is 0.392 e. The van der Waals surface area contributed by atoms with E-state index in [0.29, 0.717) is 0 Å². The van der Waals surface area contributed by atoms with Crippen LogP contribution >= 0.6 is 0 Å². The second-order valence-corrected chi connectivity index (χ2v) is 5.44. The van der Waals surface area contributed by atoms with Crippen LogP contribution in [-0.4, -0.2) is 16.8 Å². The lowest BCUT2D eigenvalue weighted by Crippen LogP contribution is -2.09. The van der Waals surface area contributed by atoms with E-state index in [9.17, 15) is 10.2 Å². The molecule has 0 bridgehead atoms. The van der Waals surface area contributed by atoms with Crippen molar-refractivity contribution in [1.29, 1.82) is 0 Å². The molecule has 0 aliphatic heterocycles. The molecule has 0 spiro atoms. The van der Waals surface area contributed by atoms with Crippen molar-refractivity contribution in [3.8, 4) is 0 Å². The fourth-order valence-corrected chi connectivity index (χ4v) is 2.73. The van der Waals surface area contributed by atoms with Crippen LogP contribution in [0.15, 0.2) is 71.8 Å². The second kappa shape index (κ2) is 8.52. The third-order valence-corrected chi connectivity index (χ3v) is 4.05. The van der Waals surface area contributed by atoms with Crippen molar-refractivity contribution in [2.24, 2.45) is 0 Å². The van der Waals surface area contributed by atoms with Gasteiger partial charge in [0.15, 0.2) is 0 Å². The minimum atomic E-state index is -0.725. The summed E-state index contributed by atoms with van der Waals surface area (Å²) in [4.78, 5) is 0. The van der Waals surface area contributed by atoms with E-state index in [1.807, 2.05) is 48.5 Å². The molecule has 0 aliphatic rings. The van der Waals surface area contributed by atoms with Crippen molar-refractivity contribution in [2.45, 2.75) is 32.3 Å². The third-order valence-electron chi connectivity index (χ3n) is 4.05. The van der Waals surface area contributed by atoms with Crippen molar-refractivity contribution in [3.05, 3.63) is 82.9 Å². The monoisotopic (exact) mass is 296 g/mol. The maximum Gasteiger partial charge on any atom is 0.103 e. The first kappa shape index (κ1) is 16.5. The number of aliphatic hydroxyl groups excluding tert-OH is 2. The fraction of sp³-hybridized carbons (Fsp3) is 0.300. The van der Waals surface area contributed by atoms with Gasteiger partial charge in [-0.25, -0.2) is 0 Å². The lowest BCUT2D eigenvalue weighted by Gasteiger charge is -2.19. The Bertz CT molecular complexity index is 588. The van der Waals surface area contributed by atoms with Gasteiger partial charge in [-0.15, -0.1) is 0 Å². The zero-order valence-corrected chi connectivity index (χ0v) is 13.1. The van der Waals surface area contributed by atoms with E-state index >= 15 is 0 Å². The molecule has 0 saturated carbocycles. The Kier molecular flexibility index (Phi) is 6.38. The van der Waals surface area contributed by atoms with E-state index in [4.69, 9.17) is 0 Å². The maximum absolute atomic E-state index is 10.6. The van der Waals surface area contributed by atoms with E-state index in [2.05, 4.69) is 19.1 Å². The summed E-state index contributed by atoms with van der Waals surface area (Å²) in [6, 6.07) is 19.8. The Morgan fingerprint density at radius 1 is 0.955 bits per heavy atom. The van der Waals surface area contributed by atoms with Gasteiger partial charge in [0, 0.05) is 0 Å². The van der Waals surface area contributed by atoms with Crippen LogP contribution in [0.5, 0.6) is 0 Å². The Morgan fingerprint density at radius 2 is 1.55 bits per heavy atom. The molecule has 2 rings (SSSR count). The van der Waals surface area contributed by atoms with Gasteiger partial charge in [-0.1, -0.05) is 73.2 Å². The molecule has 22 heavy (non-hydrogen) atoms. The summed E-state index contributed by atoms with van der Waals surface area (Å²) in [6.45, 7) is 1.97. The lowest BCUT2D eigenvalue weighted by molar-refractivity contribution is 0.188. The molecule has 0 radical (unpaired) electrons. The minimum absolute atomic E-state index is 0.103. The number of aliphatic hydroxyl groups is 2. The molecule has 2 heteroatoms. The van der Waals surface area contributed by atoms with Crippen LogP contribution in [0, 0.1) is 0 Å². The fourth-order valence-electron chi connectivity index (χ4n) is 2.73. The molecule has 0 amide bonds. The highest BCUT2D eigenvalue weighted by Crippen LogP contribution is 2.27. The molecule has 2 nitrogen and oxygen atoms in total. The molecule has 0 saturated heterocycles. The minimum Gasteiger partial charge on any atom is -0.392 e. The van der Waals surface area contributed by atoms with Crippen LogP contribution < -0.4 is 0 Å². The SMILES string of the molecule is CC/C(CCc1ccccc1)=C(/CO)C(O)c1ccccc1. The van der Waals surface area contributed by atoms with Crippen molar-refractivity contribution < 1.29 is 10.2 Å². The van der Waals surface area contributed by atoms with Gasteiger partial charge in [0.25, 0.3) is 0 Å². The average Bonchev–Trinajstić information content (AvgIpc) is 2.59. The van der Waals surface area contributed by atoms with Gasteiger partial charge in [-0.05, 0) is 36.0 Å². The molecular weight excluding hydrogens is 272 g/mol. The number of aryl methyl sites for hydroxylation is 1. The van der Waals surface area contributed by atoms with E-state index in [1.165, 1.54) is 5.56 Å². The Morgan fingerprint density at radius 3 is 2.09 bits per heavy atom. The van der Waals surface area contributed by atoms with Crippen molar-refractivity contribution in [3.63, 3.8) is 0 Å². The Balaban J connectivity index is 2.17. The summed E-state index contributed by atoms with van der Waals surface area (Å²) in [5.74, 6) is 0. The topological polar surface area (TPSA) is 40.5 Å². The molecule has 1 atom stereocenters. The third kappa shape index (κ3) is 4.30. The molecule has 2 N–H and O–H groups in total. The number of hydrogen-bond acceptors (Lipinski definition) is 2. The highest BCUT2D eigenvalue weighted by molar-refractivity contribution is 5.30. The Labute approximate surface area is 132 Å². The average molecular weight is 296 g/mol. The van der Waals surface area contributed by atoms with Gasteiger partial charge in [0.1, 0.15) is 6.10 Å². The van der Waals surface area contributed by atoms with Gasteiger partial charge < -0.3 is 10.2 Å². The number of benzene rings is 2. The first-order valence-corrected chi connectivity index (χ1v) is 7.84. The maximum atomic E-state index is 10.6. The summed E-state index contributed by atoms with van der Waals surface area (Å²) in [5, 5.41) is 20.3. The van der Waals surface area contributed by atoms with Crippen LogP contribution in [0.4, 0.5) is 0 Å². The second-order valence-electron chi connectivity index (χ2n) is 5.44. The predicted molar refractivity (Wildman–Crippen MR) is 90.6 cm³/mol. The van der Waals surface area contributed by atoms with Gasteiger partial charge in [0.2, 0.25) is 0 Å². The summed E-state index contributed by atoms with van der Waals surface area (Å²) in [6.07, 6.45) is 1.90. The van der Waals surface area contributed by atoms with E-state index in [-0.39, 0.29) is 6.61 Å². The lowest BCUT2D eigenvalue weighted by atomic mass is 9.92. The standard InChI is InChI=1S/C20H24O2/c1-2-17(14-13-16-9-5-3-6-10-16)19(15-21)20(22)18-11-7-4-8-12-18/h3-12,20-22H,2,13-15H2,1H3/b19-17+. The van der Waals surface area contributed by atoms with E-state index < -0.39 is 6.10 Å². The van der Waals surface area contributed by atoms with Gasteiger partial charge in [-0.2, -0.15) is 0 Å². The zero-order valence-electron chi connectivity index (χ0n) is 13.1. The molecular formula is C20H24O2. The summed E-state index contributed by atoms with van der Waals surface area (Å²) >= 11 is 0. The molecule has 1 unspecified atom stereocenters. The van der Waals surface area contributed by atoms with Gasteiger partial charge in [0.05, 0.1) is 6.61 Å². The van der Waals surface area contributed by atoms with Gasteiger partial charge >= 0.3 is 0 Å². The summed E-state index contributed by atoms with van der Waals surface area (Å²) in [5.41, 5.74) is 3.99.